The monoisotopic (exact) mass is 413 g/mol. The first kappa shape index (κ1) is 18.6. The van der Waals surface area contributed by atoms with Gasteiger partial charge in [-0.05, 0) is 30.7 Å². The summed E-state index contributed by atoms with van der Waals surface area (Å²) in [4.78, 5) is 22.3. The van der Waals surface area contributed by atoms with Gasteiger partial charge < -0.3 is 14.0 Å². The summed E-state index contributed by atoms with van der Waals surface area (Å²) >= 11 is 2.78. The Morgan fingerprint density at radius 1 is 1.11 bits per heavy atom. The highest BCUT2D eigenvalue weighted by Gasteiger charge is 2.17. The maximum atomic E-state index is 12.8. The van der Waals surface area contributed by atoms with E-state index in [-0.39, 0.29) is 5.91 Å². The number of aryl methyl sites for hydroxylation is 1. The van der Waals surface area contributed by atoms with Crippen LogP contribution in [0.5, 0.6) is 11.5 Å². The number of carbonyl (C=O) groups excluding carboxylic acids is 1. The van der Waals surface area contributed by atoms with Crippen molar-refractivity contribution in [3.63, 3.8) is 0 Å². The lowest BCUT2D eigenvalue weighted by molar-refractivity contribution is 0.0997. The third kappa shape index (κ3) is 3.18. The van der Waals surface area contributed by atoms with Crippen molar-refractivity contribution in [1.29, 1.82) is 0 Å². The number of nitrogens with zero attached hydrogens (tertiary/aromatic N) is 3. The molecule has 2 aromatic carbocycles. The van der Waals surface area contributed by atoms with Gasteiger partial charge in [0, 0.05) is 6.54 Å². The molecule has 0 N–H and O–H groups in total. The van der Waals surface area contributed by atoms with Crippen molar-refractivity contribution < 1.29 is 14.3 Å². The molecule has 144 valence electrons. The lowest BCUT2D eigenvalue weighted by atomic mass is 10.3. The maximum Gasteiger partial charge on any atom is 0.308 e. The number of fused-ring (bicyclic) bond motifs is 2. The number of carbonyl (C=O) groups is 1. The number of methoxy groups -OCH3 is 2. The number of hydrogen-bond donors (Lipinski definition) is 0. The van der Waals surface area contributed by atoms with E-state index in [0.717, 1.165) is 44.9 Å². The van der Waals surface area contributed by atoms with Gasteiger partial charge in [-0.1, -0.05) is 30.4 Å². The van der Waals surface area contributed by atoms with Crippen LogP contribution in [0.3, 0.4) is 0 Å². The second-order valence-corrected chi connectivity index (χ2v) is 8.10. The van der Waals surface area contributed by atoms with Gasteiger partial charge in [0.25, 0.3) is 0 Å². The van der Waals surface area contributed by atoms with E-state index in [1.807, 2.05) is 41.0 Å². The van der Waals surface area contributed by atoms with Gasteiger partial charge >= 0.3 is 5.91 Å². The number of hydrogen-bond acceptors (Lipinski definition) is 6. The molecule has 6 nitrogen and oxygen atoms in total. The molecule has 0 fully saturated rings. The molecule has 0 aliphatic rings. The Morgan fingerprint density at radius 2 is 1.86 bits per heavy atom. The van der Waals surface area contributed by atoms with Crippen LogP contribution in [0.4, 0.5) is 0 Å². The molecule has 28 heavy (non-hydrogen) atoms. The summed E-state index contributed by atoms with van der Waals surface area (Å²) in [7, 11) is 3.27. The van der Waals surface area contributed by atoms with Gasteiger partial charge in [-0.15, -0.1) is 11.3 Å². The zero-order valence-electron chi connectivity index (χ0n) is 15.8. The SMILES string of the molecule is CCCn1c(=NC(=O)c2nc3ccccc3s2)sc2c(OC)ccc(OC)c21. The van der Waals surface area contributed by atoms with E-state index in [1.165, 1.54) is 22.7 Å². The summed E-state index contributed by atoms with van der Waals surface area (Å²) < 4.78 is 15.0. The molecule has 0 aliphatic carbocycles. The van der Waals surface area contributed by atoms with Crippen molar-refractivity contribution in [1.82, 2.24) is 9.55 Å². The van der Waals surface area contributed by atoms with Gasteiger partial charge in [0.1, 0.15) is 21.7 Å². The van der Waals surface area contributed by atoms with Gasteiger partial charge in [0.15, 0.2) is 9.81 Å². The molecular formula is C20H19N3O3S2. The zero-order valence-corrected chi connectivity index (χ0v) is 17.4. The molecule has 4 aromatic rings. The van der Waals surface area contributed by atoms with Crippen LogP contribution in [0.2, 0.25) is 0 Å². The van der Waals surface area contributed by atoms with Crippen LogP contribution in [0.1, 0.15) is 23.1 Å². The molecule has 0 aliphatic heterocycles. The van der Waals surface area contributed by atoms with Crippen LogP contribution in [0.15, 0.2) is 41.4 Å². The van der Waals surface area contributed by atoms with Crippen molar-refractivity contribution in [3.8, 4) is 11.5 Å². The first-order valence-corrected chi connectivity index (χ1v) is 10.5. The van der Waals surface area contributed by atoms with Crippen LogP contribution >= 0.6 is 22.7 Å². The van der Waals surface area contributed by atoms with Gasteiger partial charge in [-0.2, -0.15) is 4.99 Å². The van der Waals surface area contributed by atoms with Crippen LogP contribution in [0, 0.1) is 0 Å². The molecule has 0 bridgehead atoms. The summed E-state index contributed by atoms with van der Waals surface area (Å²) in [6.45, 7) is 2.80. The minimum atomic E-state index is -0.337. The minimum absolute atomic E-state index is 0.337. The zero-order chi connectivity index (χ0) is 19.7. The molecule has 0 spiro atoms. The van der Waals surface area contributed by atoms with E-state index >= 15 is 0 Å². The van der Waals surface area contributed by atoms with Crippen molar-refractivity contribution >= 4 is 49.0 Å². The molecule has 0 unspecified atom stereocenters. The molecule has 2 heterocycles. The third-order valence-corrected chi connectivity index (χ3v) is 6.43. The molecule has 0 atom stereocenters. The van der Waals surface area contributed by atoms with Gasteiger partial charge in [-0.25, -0.2) is 4.98 Å². The van der Waals surface area contributed by atoms with Crippen LogP contribution in [0.25, 0.3) is 20.4 Å². The topological polar surface area (TPSA) is 65.7 Å². The Hall–Kier alpha value is -2.71. The fourth-order valence-corrected chi connectivity index (χ4v) is 5.08. The number of ether oxygens (including phenoxy) is 2. The first-order valence-electron chi connectivity index (χ1n) is 8.85. The molecular weight excluding hydrogens is 394 g/mol. The summed E-state index contributed by atoms with van der Waals surface area (Å²) in [6, 6.07) is 11.4. The Kier molecular flexibility index (Phi) is 5.15. The van der Waals surface area contributed by atoms with E-state index in [0.29, 0.717) is 9.81 Å². The van der Waals surface area contributed by atoms with Crippen molar-refractivity contribution in [2.75, 3.05) is 14.2 Å². The number of para-hydroxylation sites is 1. The average molecular weight is 414 g/mol. The van der Waals surface area contributed by atoms with Crippen molar-refractivity contribution in [2.45, 2.75) is 19.9 Å². The predicted molar refractivity (Wildman–Crippen MR) is 113 cm³/mol. The van der Waals surface area contributed by atoms with E-state index in [4.69, 9.17) is 9.47 Å². The molecule has 0 saturated heterocycles. The standard InChI is InChI=1S/C20H19N3O3S2/c1-4-11-23-16-13(25-2)9-10-14(26-3)17(16)28-20(23)22-18(24)19-21-12-7-5-6-8-15(12)27-19/h5-10H,4,11H2,1-3H3. The van der Waals surface area contributed by atoms with Gasteiger partial charge in [0.2, 0.25) is 0 Å². The van der Waals surface area contributed by atoms with Crippen molar-refractivity contribution in [3.05, 3.63) is 46.2 Å². The van der Waals surface area contributed by atoms with Gasteiger partial charge in [-0.3, -0.25) is 4.79 Å². The normalized spacial score (nSPS) is 12.0. The smallest absolute Gasteiger partial charge is 0.308 e. The quantitative estimate of drug-likeness (QED) is 0.484. The fourth-order valence-electron chi connectivity index (χ4n) is 3.07. The van der Waals surface area contributed by atoms with E-state index in [2.05, 4.69) is 16.9 Å². The molecule has 2 aromatic heterocycles. The molecule has 4 rings (SSSR count). The van der Waals surface area contributed by atoms with Gasteiger partial charge in [0.05, 0.1) is 24.4 Å². The lowest BCUT2D eigenvalue weighted by Crippen LogP contribution is -2.17. The summed E-state index contributed by atoms with van der Waals surface area (Å²) in [5.74, 6) is 1.13. The van der Waals surface area contributed by atoms with Crippen LogP contribution < -0.4 is 14.3 Å². The second-order valence-electron chi connectivity index (χ2n) is 6.09. The molecule has 0 radical (unpaired) electrons. The number of thiazole rings is 2. The maximum absolute atomic E-state index is 12.8. The number of rotatable bonds is 5. The average Bonchev–Trinajstić information content (AvgIpc) is 3.30. The minimum Gasteiger partial charge on any atom is -0.495 e. The highest BCUT2D eigenvalue weighted by Crippen LogP contribution is 2.35. The largest absolute Gasteiger partial charge is 0.495 e. The Morgan fingerprint density at radius 3 is 2.57 bits per heavy atom. The second kappa shape index (κ2) is 7.73. The molecule has 8 heteroatoms. The van der Waals surface area contributed by atoms with Crippen LogP contribution in [-0.4, -0.2) is 29.7 Å². The van der Waals surface area contributed by atoms with E-state index in [9.17, 15) is 4.79 Å². The summed E-state index contributed by atoms with van der Waals surface area (Å²) in [5, 5.41) is 0.389. The Balaban J connectivity index is 1.91. The van der Waals surface area contributed by atoms with E-state index < -0.39 is 0 Å². The Labute approximate surface area is 169 Å². The van der Waals surface area contributed by atoms with Crippen molar-refractivity contribution in [2.24, 2.45) is 4.99 Å². The number of benzene rings is 2. The highest BCUT2D eigenvalue weighted by molar-refractivity contribution is 7.20. The summed E-state index contributed by atoms with van der Waals surface area (Å²) in [6.07, 6.45) is 0.898. The number of aromatic nitrogens is 2. The van der Waals surface area contributed by atoms with Crippen LogP contribution in [-0.2, 0) is 6.54 Å². The first-order chi connectivity index (χ1) is 13.7. The fraction of sp³-hybridized carbons (Fsp3) is 0.250. The summed E-state index contributed by atoms with van der Waals surface area (Å²) in [5.41, 5.74) is 1.71. The highest BCUT2D eigenvalue weighted by atomic mass is 32.1. The molecule has 1 amide bonds. The lowest BCUT2D eigenvalue weighted by Gasteiger charge is -2.09. The predicted octanol–water partition coefficient (Wildman–Crippen LogP) is 4.48. The number of amides is 1. The third-order valence-electron chi connectivity index (χ3n) is 4.31. The molecule has 0 saturated carbocycles. The Bertz CT molecular complexity index is 1200. The van der Waals surface area contributed by atoms with E-state index in [1.54, 1.807) is 14.2 Å².